The summed E-state index contributed by atoms with van der Waals surface area (Å²) in [4.78, 5) is 2.30. The second kappa shape index (κ2) is 5.05. The van der Waals surface area contributed by atoms with Gasteiger partial charge in [-0.15, -0.1) is 0 Å². The van der Waals surface area contributed by atoms with Crippen LogP contribution < -0.4 is 10.2 Å². The number of nitrogens with one attached hydrogen (secondary N) is 1. The van der Waals surface area contributed by atoms with E-state index in [0.29, 0.717) is 6.42 Å². The number of rotatable bonds is 3. The molecule has 0 bridgehead atoms. The first-order valence-electron chi connectivity index (χ1n) is 6.26. The van der Waals surface area contributed by atoms with E-state index in [9.17, 15) is 4.39 Å². The third-order valence-electron chi connectivity index (χ3n) is 3.24. The van der Waals surface area contributed by atoms with Crippen LogP contribution in [0.2, 0.25) is 0 Å². The molecule has 1 N–H and O–H groups in total. The van der Waals surface area contributed by atoms with E-state index < -0.39 is 0 Å². The van der Waals surface area contributed by atoms with Gasteiger partial charge in [0.15, 0.2) is 0 Å². The van der Waals surface area contributed by atoms with Crippen molar-refractivity contribution in [2.24, 2.45) is 0 Å². The lowest BCUT2D eigenvalue weighted by molar-refractivity contribution is 0.389. The van der Waals surface area contributed by atoms with Crippen LogP contribution >= 0.6 is 0 Å². The Hall–Kier alpha value is -1.09. The largest absolute Gasteiger partial charge is 0.369 e. The molecule has 0 atom stereocenters. The van der Waals surface area contributed by atoms with Gasteiger partial charge in [-0.05, 0) is 31.9 Å². The van der Waals surface area contributed by atoms with Gasteiger partial charge in [0.05, 0.1) is 6.67 Å². The van der Waals surface area contributed by atoms with Crippen LogP contribution in [0.15, 0.2) is 24.3 Å². The van der Waals surface area contributed by atoms with Gasteiger partial charge in [-0.1, -0.05) is 18.2 Å². The molecule has 1 heterocycles. The Labute approximate surface area is 103 Å². The van der Waals surface area contributed by atoms with Crippen molar-refractivity contribution in [3.05, 3.63) is 29.8 Å². The highest BCUT2D eigenvalue weighted by atomic mass is 19.1. The molecule has 3 heteroatoms. The summed E-state index contributed by atoms with van der Waals surface area (Å²) < 4.78 is 12.4. The van der Waals surface area contributed by atoms with E-state index in [-0.39, 0.29) is 12.2 Å². The molecule has 1 aliphatic heterocycles. The van der Waals surface area contributed by atoms with Crippen LogP contribution in [0.5, 0.6) is 0 Å². The Kier molecular flexibility index (Phi) is 3.67. The van der Waals surface area contributed by atoms with Gasteiger partial charge in [-0.2, -0.15) is 0 Å². The van der Waals surface area contributed by atoms with E-state index in [1.54, 1.807) is 0 Å². The molecule has 0 spiro atoms. The highest BCUT2D eigenvalue weighted by molar-refractivity contribution is 5.54. The number of halogens is 1. The number of fused-ring (bicyclic) bond motifs is 1. The summed E-state index contributed by atoms with van der Waals surface area (Å²) >= 11 is 0. The van der Waals surface area contributed by atoms with Crippen molar-refractivity contribution >= 4 is 5.69 Å². The van der Waals surface area contributed by atoms with Crippen LogP contribution in [0.1, 0.15) is 25.8 Å². The third-order valence-corrected chi connectivity index (χ3v) is 3.24. The highest BCUT2D eigenvalue weighted by Gasteiger charge is 2.26. The molecule has 0 fully saturated rings. The SMILES string of the molecule is CC1(C)CN(CCCF)c2ccccc2CN1. The molecule has 1 aromatic carbocycles. The van der Waals surface area contributed by atoms with Crippen molar-refractivity contribution in [2.75, 3.05) is 24.7 Å². The zero-order valence-electron chi connectivity index (χ0n) is 10.7. The number of anilines is 1. The summed E-state index contributed by atoms with van der Waals surface area (Å²) in [6, 6.07) is 8.40. The maximum atomic E-state index is 12.4. The number of nitrogens with zero attached hydrogens (tertiary/aromatic N) is 1. The molecule has 1 aliphatic rings. The molecular formula is C14H21FN2. The first kappa shape index (κ1) is 12.4. The minimum absolute atomic E-state index is 0.0648. The van der Waals surface area contributed by atoms with Gasteiger partial charge in [0.25, 0.3) is 0 Å². The quantitative estimate of drug-likeness (QED) is 0.868. The molecular weight excluding hydrogens is 215 g/mol. The van der Waals surface area contributed by atoms with Crippen LogP contribution in [-0.2, 0) is 6.54 Å². The third kappa shape index (κ3) is 2.97. The first-order chi connectivity index (χ1) is 8.12. The van der Waals surface area contributed by atoms with Crippen LogP contribution in [0.4, 0.5) is 10.1 Å². The van der Waals surface area contributed by atoms with Gasteiger partial charge in [0, 0.05) is 30.9 Å². The number of hydrogen-bond acceptors (Lipinski definition) is 2. The molecule has 0 saturated heterocycles. The summed E-state index contributed by atoms with van der Waals surface area (Å²) in [5.74, 6) is 0. The molecule has 0 saturated carbocycles. The first-order valence-corrected chi connectivity index (χ1v) is 6.26. The molecule has 17 heavy (non-hydrogen) atoms. The minimum Gasteiger partial charge on any atom is -0.369 e. The van der Waals surface area contributed by atoms with Crippen LogP contribution in [0.3, 0.4) is 0 Å². The summed E-state index contributed by atoms with van der Waals surface area (Å²) in [6.45, 7) is 6.74. The average Bonchev–Trinajstić information content (AvgIpc) is 2.44. The Morgan fingerprint density at radius 1 is 1.35 bits per heavy atom. The fourth-order valence-electron chi connectivity index (χ4n) is 2.37. The predicted molar refractivity (Wildman–Crippen MR) is 70.2 cm³/mol. The molecule has 0 radical (unpaired) electrons. The molecule has 0 unspecified atom stereocenters. The van der Waals surface area contributed by atoms with Gasteiger partial charge >= 0.3 is 0 Å². The Morgan fingerprint density at radius 2 is 2.12 bits per heavy atom. The monoisotopic (exact) mass is 236 g/mol. The number of hydrogen-bond donors (Lipinski definition) is 1. The van der Waals surface area contributed by atoms with Gasteiger partial charge in [-0.25, -0.2) is 0 Å². The van der Waals surface area contributed by atoms with Crippen LogP contribution in [0.25, 0.3) is 0 Å². The summed E-state index contributed by atoms with van der Waals surface area (Å²) in [5, 5.41) is 3.55. The van der Waals surface area contributed by atoms with Crippen molar-refractivity contribution < 1.29 is 4.39 Å². The molecule has 94 valence electrons. The maximum absolute atomic E-state index is 12.4. The summed E-state index contributed by atoms with van der Waals surface area (Å²) in [5.41, 5.74) is 2.62. The fraction of sp³-hybridized carbons (Fsp3) is 0.571. The second-order valence-corrected chi connectivity index (χ2v) is 5.33. The topological polar surface area (TPSA) is 15.3 Å². The lowest BCUT2D eigenvalue weighted by Gasteiger charge is -2.32. The number of benzene rings is 1. The predicted octanol–water partition coefficient (Wildman–Crippen LogP) is 2.73. The van der Waals surface area contributed by atoms with Crippen LogP contribution in [-0.4, -0.2) is 25.3 Å². The molecule has 0 aromatic heterocycles. The van der Waals surface area contributed by atoms with E-state index in [4.69, 9.17) is 0 Å². The van der Waals surface area contributed by atoms with E-state index in [2.05, 4.69) is 48.3 Å². The van der Waals surface area contributed by atoms with Crippen molar-refractivity contribution in [1.82, 2.24) is 5.32 Å². The van der Waals surface area contributed by atoms with Crippen molar-refractivity contribution in [3.63, 3.8) is 0 Å². The van der Waals surface area contributed by atoms with Crippen molar-refractivity contribution in [1.29, 1.82) is 0 Å². The summed E-state index contributed by atoms with van der Waals surface area (Å²) in [7, 11) is 0. The Bertz CT molecular complexity index is 376. The van der Waals surface area contributed by atoms with Gasteiger partial charge in [0.2, 0.25) is 0 Å². The highest BCUT2D eigenvalue weighted by Crippen LogP contribution is 2.26. The fourth-order valence-corrected chi connectivity index (χ4v) is 2.37. The smallest absolute Gasteiger partial charge is 0.0911 e. The lowest BCUT2D eigenvalue weighted by Crippen LogP contribution is -2.47. The van der Waals surface area contributed by atoms with Crippen molar-refractivity contribution in [3.8, 4) is 0 Å². The normalized spacial score (nSPS) is 18.6. The Morgan fingerprint density at radius 3 is 2.88 bits per heavy atom. The van der Waals surface area contributed by atoms with Crippen molar-refractivity contribution in [2.45, 2.75) is 32.4 Å². The molecule has 2 rings (SSSR count). The van der Waals surface area contributed by atoms with Gasteiger partial charge in [-0.3, -0.25) is 4.39 Å². The minimum atomic E-state index is -0.244. The molecule has 0 amide bonds. The van der Waals surface area contributed by atoms with E-state index >= 15 is 0 Å². The molecule has 1 aromatic rings. The standard InChI is InChI=1S/C14H21FN2/c1-14(2)11-17(9-5-8-15)13-7-4-3-6-12(13)10-16-14/h3-4,6-7,16H,5,8-11H2,1-2H3. The van der Waals surface area contributed by atoms with Crippen LogP contribution in [0, 0.1) is 0 Å². The second-order valence-electron chi connectivity index (χ2n) is 5.33. The van der Waals surface area contributed by atoms with Gasteiger partial charge < -0.3 is 10.2 Å². The molecule has 2 nitrogen and oxygen atoms in total. The summed E-state index contributed by atoms with van der Waals surface area (Å²) in [6.07, 6.45) is 0.602. The van der Waals surface area contributed by atoms with E-state index in [1.165, 1.54) is 11.3 Å². The maximum Gasteiger partial charge on any atom is 0.0911 e. The lowest BCUT2D eigenvalue weighted by atomic mass is 10.1. The molecule has 0 aliphatic carbocycles. The number of para-hydroxylation sites is 1. The van der Waals surface area contributed by atoms with E-state index in [0.717, 1.165) is 19.6 Å². The zero-order valence-corrected chi connectivity index (χ0v) is 10.7. The average molecular weight is 236 g/mol. The van der Waals surface area contributed by atoms with Gasteiger partial charge in [0.1, 0.15) is 0 Å². The van der Waals surface area contributed by atoms with E-state index in [1.807, 2.05) is 0 Å². The number of alkyl halides is 1. The Balaban J connectivity index is 2.26. The zero-order chi connectivity index (χ0) is 12.3.